The average molecular weight is 268 g/mol. The zero-order valence-electron chi connectivity index (χ0n) is 9.75. The summed E-state index contributed by atoms with van der Waals surface area (Å²) in [5, 5.41) is 3.98. The maximum atomic E-state index is 11.3. The van der Waals surface area contributed by atoms with Crippen molar-refractivity contribution >= 4 is 5.91 Å². The van der Waals surface area contributed by atoms with Crippen LogP contribution in [0.4, 0.5) is 0 Å². The SMILES string of the molecule is CC.O=C1[N-]CCC2CCCCC12.[Rb+]. The van der Waals surface area contributed by atoms with Gasteiger partial charge >= 0.3 is 58.2 Å². The molecule has 2 atom stereocenters. The first-order chi connectivity index (χ1) is 6.38. The van der Waals surface area contributed by atoms with Crippen molar-refractivity contribution in [1.29, 1.82) is 0 Å². The van der Waals surface area contributed by atoms with Crippen LogP contribution in [0, 0.1) is 11.8 Å². The molecular weight excluding hydrogens is 248 g/mol. The molecule has 0 aromatic heterocycles. The second-order valence-corrected chi connectivity index (χ2v) is 3.66. The third-order valence-corrected chi connectivity index (χ3v) is 2.99. The van der Waals surface area contributed by atoms with Crippen LogP contribution in [-0.2, 0) is 4.79 Å². The Balaban J connectivity index is 0.000000531. The number of carbonyl (C=O) groups is 1. The summed E-state index contributed by atoms with van der Waals surface area (Å²) >= 11 is 0. The summed E-state index contributed by atoms with van der Waals surface area (Å²) in [6.07, 6.45) is 6.10. The zero-order valence-corrected chi connectivity index (χ0v) is 14.7. The number of hydrogen-bond donors (Lipinski definition) is 0. The van der Waals surface area contributed by atoms with Crippen LogP contribution in [0.3, 0.4) is 0 Å². The van der Waals surface area contributed by atoms with Gasteiger partial charge in [0.25, 0.3) is 0 Å². The molecule has 1 saturated heterocycles. The third kappa shape index (κ3) is 4.03. The van der Waals surface area contributed by atoms with E-state index in [2.05, 4.69) is 5.32 Å². The second kappa shape index (κ2) is 8.43. The summed E-state index contributed by atoms with van der Waals surface area (Å²) in [5.74, 6) is 1.20. The molecule has 1 aliphatic heterocycles. The molecule has 0 bridgehead atoms. The fourth-order valence-corrected chi connectivity index (χ4v) is 2.34. The number of hydrogen-bond acceptors (Lipinski definition) is 1. The molecule has 14 heavy (non-hydrogen) atoms. The van der Waals surface area contributed by atoms with E-state index in [9.17, 15) is 4.79 Å². The van der Waals surface area contributed by atoms with Crippen molar-refractivity contribution in [3.63, 3.8) is 0 Å². The van der Waals surface area contributed by atoms with Gasteiger partial charge in [-0.05, 0) is 18.8 Å². The van der Waals surface area contributed by atoms with Crippen molar-refractivity contribution in [2.45, 2.75) is 46.0 Å². The minimum absolute atomic E-state index is 0. The van der Waals surface area contributed by atoms with Gasteiger partial charge < -0.3 is 10.1 Å². The maximum absolute atomic E-state index is 11.3. The number of carbonyl (C=O) groups excluding carboxylic acids is 1. The average Bonchev–Trinajstić information content (AvgIpc) is 2.22. The number of nitrogens with zero attached hydrogens (tertiary/aromatic N) is 1. The van der Waals surface area contributed by atoms with E-state index in [1.165, 1.54) is 19.3 Å². The van der Waals surface area contributed by atoms with Crippen molar-refractivity contribution < 1.29 is 63.0 Å². The van der Waals surface area contributed by atoms with Gasteiger partial charge in [-0.1, -0.05) is 33.1 Å². The van der Waals surface area contributed by atoms with Crippen molar-refractivity contribution in [1.82, 2.24) is 0 Å². The smallest absolute Gasteiger partial charge is 0.653 e. The normalized spacial score (nSPS) is 30.0. The number of rotatable bonds is 0. The van der Waals surface area contributed by atoms with Gasteiger partial charge in [0.2, 0.25) is 0 Å². The Morgan fingerprint density at radius 3 is 2.43 bits per heavy atom. The van der Waals surface area contributed by atoms with E-state index in [0.717, 1.165) is 19.4 Å². The van der Waals surface area contributed by atoms with Gasteiger partial charge in [-0.3, -0.25) is 0 Å². The first kappa shape index (κ1) is 15.3. The Morgan fingerprint density at radius 1 is 1.14 bits per heavy atom. The van der Waals surface area contributed by atoms with Crippen LogP contribution < -0.4 is 58.2 Å². The molecule has 1 amide bonds. The number of piperidine rings is 1. The molecule has 2 fully saturated rings. The molecule has 1 aliphatic carbocycles. The molecule has 3 heteroatoms. The molecule has 76 valence electrons. The largest absolute Gasteiger partial charge is 1.00 e. The Labute approximate surface area is 136 Å². The predicted molar refractivity (Wildman–Crippen MR) is 54.6 cm³/mol. The van der Waals surface area contributed by atoms with E-state index in [1.807, 2.05) is 13.8 Å². The molecule has 2 rings (SSSR count). The minimum atomic E-state index is 0. The standard InChI is InChI=1S/C9H15NO.C2H6.Rb/c11-9-8-4-2-1-3-7(8)5-6-10-9;1-2;/h7-8H,1-6H2,(H,10,11);1-2H3;/q;;+1/p-1. The van der Waals surface area contributed by atoms with E-state index in [-0.39, 0.29) is 64.1 Å². The van der Waals surface area contributed by atoms with Crippen LogP contribution in [0.2, 0.25) is 0 Å². The Morgan fingerprint density at radius 2 is 1.79 bits per heavy atom. The molecule has 2 aliphatic rings. The molecular formula is C11H20NORb. The second-order valence-electron chi connectivity index (χ2n) is 3.66. The fourth-order valence-electron chi connectivity index (χ4n) is 2.34. The predicted octanol–water partition coefficient (Wildman–Crippen LogP) is 0.127. The van der Waals surface area contributed by atoms with E-state index in [4.69, 9.17) is 0 Å². The van der Waals surface area contributed by atoms with Crippen LogP contribution in [0.1, 0.15) is 46.0 Å². The summed E-state index contributed by atoms with van der Waals surface area (Å²) in [7, 11) is 0. The van der Waals surface area contributed by atoms with Crippen molar-refractivity contribution in [3.8, 4) is 0 Å². The third-order valence-electron chi connectivity index (χ3n) is 2.99. The summed E-state index contributed by atoms with van der Waals surface area (Å²) in [6.45, 7) is 4.79. The maximum Gasteiger partial charge on any atom is 1.00 e. The molecule has 0 N–H and O–H groups in total. The van der Waals surface area contributed by atoms with Crippen molar-refractivity contribution in [3.05, 3.63) is 5.32 Å². The molecule has 1 saturated carbocycles. The summed E-state index contributed by atoms with van der Waals surface area (Å²) in [4.78, 5) is 11.3. The molecule has 0 aromatic carbocycles. The molecule has 0 aromatic rings. The molecule has 2 nitrogen and oxygen atoms in total. The summed E-state index contributed by atoms with van der Waals surface area (Å²) < 4.78 is 0. The minimum Gasteiger partial charge on any atom is -0.653 e. The quantitative estimate of drug-likeness (QED) is 0.614. The monoisotopic (exact) mass is 267 g/mol. The van der Waals surface area contributed by atoms with Crippen LogP contribution in [-0.4, -0.2) is 12.5 Å². The van der Waals surface area contributed by atoms with E-state index in [1.54, 1.807) is 0 Å². The van der Waals surface area contributed by atoms with Gasteiger partial charge in [0.15, 0.2) is 0 Å². The molecule has 0 radical (unpaired) electrons. The van der Waals surface area contributed by atoms with Crippen molar-refractivity contribution in [2.75, 3.05) is 6.54 Å². The molecule has 1 heterocycles. The van der Waals surface area contributed by atoms with Gasteiger partial charge in [-0.25, -0.2) is 0 Å². The summed E-state index contributed by atoms with van der Waals surface area (Å²) in [5.41, 5.74) is 0. The van der Waals surface area contributed by atoms with Gasteiger partial charge in [-0.15, -0.1) is 6.54 Å². The van der Waals surface area contributed by atoms with E-state index >= 15 is 0 Å². The van der Waals surface area contributed by atoms with Crippen LogP contribution in [0.25, 0.3) is 5.32 Å². The van der Waals surface area contributed by atoms with Gasteiger partial charge in [0, 0.05) is 5.92 Å². The van der Waals surface area contributed by atoms with E-state index < -0.39 is 0 Å². The van der Waals surface area contributed by atoms with Gasteiger partial charge in [-0.2, -0.15) is 0 Å². The Kier molecular flexibility index (Phi) is 9.20. The Hall–Kier alpha value is 1.28. The van der Waals surface area contributed by atoms with Crippen LogP contribution in [0.15, 0.2) is 0 Å². The molecule has 0 spiro atoms. The van der Waals surface area contributed by atoms with Crippen LogP contribution in [0.5, 0.6) is 0 Å². The van der Waals surface area contributed by atoms with Gasteiger partial charge in [0.1, 0.15) is 0 Å². The fraction of sp³-hybridized carbons (Fsp3) is 0.909. The zero-order chi connectivity index (χ0) is 9.68. The molecule has 2 unspecified atom stereocenters. The summed E-state index contributed by atoms with van der Waals surface area (Å²) in [6, 6.07) is 0. The van der Waals surface area contributed by atoms with Crippen LogP contribution >= 0.6 is 0 Å². The van der Waals surface area contributed by atoms with E-state index in [0.29, 0.717) is 11.8 Å². The first-order valence-corrected chi connectivity index (χ1v) is 5.59. The van der Waals surface area contributed by atoms with Gasteiger partial charge in [0.05, 0.1) is 5.91 Å². The number of amides is 1. The number of fused-ring (bicyclic) bond motifs is 1. The Bertz CT molecular complexity index is 171. The van der Waals surface area contributed by atoms with Crippen molar-refractivity contribution in [2.24, 2.45) is 11.8 Å². The first-order valence-electron chi connectivity index (χ1n) is 5.59. The topological polar surface area (TPSA) is 31.2 Å².